The fraction of sp³-hybridized carbons (Fsp3) is 0.216. The number of guanidine groups is 1. The molecule has 1 aliphatic rings. The minimum atomic E-state index is -4.02. The number of carbonyl (C=O) groups is 2. The van der Waals surface area contributed by atoms with Crippen LogP contribution < -0.4 is 26.3 Å². The standard InChI is InChI=1S/C37H38F2N8O5S/c1-42-35(48)33-30-22-29(31(46(16-15-38)53(2,50)51)23-32(30)52-34(33)24-11-13-27(39)14-12-24)25-7-6-8-26(21-25)36(49)44-17-19-45(20-18-44)37(43-40)47(41)28-9-4-3-5-10-28/h3-14,21-23H,15-20,40-41H2,1-2H3,(H,42,48)/b43-37-. The summed E-state index contributed by atoms with van der Waals surface area (Å²) in [5, 5.41) is 8.22. The first-order valence-electron chi connectivity index (χ1n) is 16.6. The Morgan fingerprint density at radius 2 is 1.60 bits per heavy atom. The van der Waals surface area contributed by atoms with Gasteiger partial charge < -0.3 is 25.4 Å². The number of furan rings is 1. The third kappa shape index (κ3) is 7.50. The first-order chi connectivity index (χ1) is 25.4. The molecular formula is C37H38F2N8O5S. The quantitative estimate of drug-likeness (QED) is 0.0859. The Morgan fingerprint density at radius 1 is 0.925 bits per heavy atom. The number of sulfonamides is 1. The van der Waals surface area contributed by atoms with E-state index in [0.29, 0.717) is 65.5 Å². The lowest BCUT2D eigenvalue weighted by atomic mass is 9.97. The Balaban J connectivity index is 1.38. The van der Waals surface area contributed by atoms with Crippen molar-refractivity contribution >= 4 is 50.1 Å². The Kier molecular flexibility index (Phi) is 10.6. The van der Waals surface area contributed by atoms with E-state index >= 15 is 0 Å². The normalized spacial score (nSPS) is 13.6. The molecule has 0 saturated carbocycles. The highest BCUT2D eigenvalue weighted by molar-refractivity contribution is 7.92. The Morgan fingerprint density at radius 3 is 2.23 bits per heavy atom. The first kappa shape index (κ1) is 36.8. The van der Waals surface area contributed by atoms with E-state index in [1.54, 1.807) is 35.2 Å². The number of piperazine rings is 1. The molecule has 276 valence electrons. The fourth-order valence-electron chi connectivity index (χ4n) is 6.38. The molecule has 1 aliphatic heterocycles. The van der Waals surface area contributed by atoms with E-state index < -0.39 is 35.0 Å². The molecule has 6 rings (SSSR count). The van der Waals surface area contributed by atoms with Crippen molar-refractivity contribution in [1.82, 2.24) is 15.1 Å². The number of amides is 2. The van der Waals surface area contributed by atoms with Crippen LogP contribution in [0.2, 0.25) is 0 Å². The Hall–Kier alpha value is -6.00. The molecule has 0 atom stereocenters. The maximum absolute atomic E-state index is 13.9. The van der Waals surface area contributed by atoms with Gasteiger partial charge in [-0.05, 0) is 60.2 Å². The molecule has 0 unspecified atom stereocenters. The van der Waals surface area contributed by atoms with Gasteiger partial charge >= 0.3 is 0 Å². The summed E-state index contributed by atoms with van der Waals surface area (Å²) in [6.07, 6.45) is 0.961. The first-order valence-corrected chi connectivity index (χ1v) is 18.4. The van der Waals surface area contributed by atoms with Gasteiger partial charge in [0, 0.05) is 61.4 Å². The molecule has 16 heteroatoms. The highest BCUT2D eigenvalue weighted by Crippen LogP contribution is 2.42. The van der Waals surface area contributed by atoms with Gasteiger partial charge in [-0.2, -0.15) is 0 Å². The molecular weight excluding hydrogens is 707 g/mol. The zero-order valence-electron chi connectivity index (χ0n) is 29.0. The number of fused-ring (bicyclic) bond motifs is 1. The second kappa shape index (κ2) is 15.3. The molecule has 1 fully saturated rings. The van der Waals surface area contributed by atoms with Gasteiger partial charge in [-0.3, -0.25) is 13.9 Å². The van der Waals surface area contributed by atoms with Crippen molar-refractivity contribution in [3.8, 4) is 22.5 Å². The molecule has 5 N–H and O–H groups in total. The molecule has 1 aromatic heterocycles. The number of nitrogens with two attached hydrogens (primary N) is 2. The van der Waals surface area contributed by atoms with Crippen LogP contribution in [0.5, 0.6) is 0 Å². The zero-order valence-corrected chi connectivity index (χ0v) is 29.8. The van der Waals surface area contributed by atoms with E-state index in [0.717, 1.165) is 10.6 Å². The van der Waals surface area contributed by atoms with E-state index in [-0.39, 0.29) is 28.5 Å². The number of benzene rings is 4. The lowest BCUT2D eigenvalue weighted by molar-refractivity contribution is 0.0690. The Bertz CT molecular complexity index is 2280. The average molecular weight is 745 g/mol. The molecule has 1 saturated heterocycles. The van der Waals surface area contributed by atoms with Crippen molar-refractivity contribution in [2.24, 2.45) is 16.8 Å². The zero-order chi connectivity index (χ0) is 37.9. The molecule has 0 radical (unpaired) electrons. The second-order valence-corrected chi connectivity index (χ2v) is 14.2. The number of halogens is 2. The number of carbonyl (C=O) groups excluding carboxylic acids is 2. The monoisotopic (exact) mass is 744 g/mol. The summed E-state index contributed by atoms with van der Waals surface area (Å²) in [4.78, 5) is 30.8. The van der Waals surface area contributed by atoms with E-state index in [1.807, 2.05) is 35.2 Å². The van der Waals surface area contributed by atoms with Crippen LogP contribution in [0.3, 0.4) is 0 Å². The van der Waals surface area contributed by atoms with Gasteiger partial charge in [-0.1, -0.05) is 30.3 Å². The van der Waals surface area contributed by atoms with Crippen LogP contribution in [0.15, 0.2) is 101 Å². The molecule has 0 spiro atoms. The molecule has 2 heterocycles. The largest absolute Gasteiger partial charge is 0.455 e. The predicted octanol–water partition coefficient (Wildman–Crippen LogP) is 4.37. The van der Waals surface area contributed by atoms with Crippen molar-refractivity contribution in [3.05, 3.63) is 108 Å². The number of nitrogens with one attached hydrogen (secondary N) is 1. The summed E-state index contributed by atoms with van der Waals surface area (Å²) in [6, 6.07) is 24.2. The smallest absolute Gasteiger partial charge is 0.255 e. The number of rotatable bonds is 9. The third-order valence-electron chi connectivity index (χ3n) is 8.96. The van der Waals surface area contributed by atoms with E-state index in [4.69, 9.17) is 16.1 Å². The van der Waals surface area contributed by atoms with Crippen molar-refractivity contribution < 1.29 is 31.2 Å². The van der Waals surface area contributed by atoms with Crippen LogP contribution in [0.4, 0.5) is 20.2 Å². The highest BCUT2D eigenvalue weighted by atomic mass is 32.2. The summed E-state index contributed by atoms with van der Waals surface area (Å²) in [6.45, 7) is -0.0229. The molecule has 53 heavy (non-hydrogen) atoms. The fourth-order valence-corrected chi connectivity index (χ4v) is 7.29. The number of hydrazine groups is 1. The van der Waals surface area contributed by atoms with Gasteiger partial charge in [0.15, 0.2) is 0 Å². The summed E-state index contributed by atoms with van der Waals surface area (Å²) >= 11 is 0. The average Bonchev–Trinajstić information content (AvgIpc) is 3.55. The summed E-state index contributed by atoms with van der Waals surface area (Å²) in [7, 11) is -2.57. The SMILES string of the molecule is CNC(=O)c1c(-c2ccc(F)cc2)oc2cc(N(CCF)S(C)(=O)=O)c(-c3cccc(C(=O)N4CCN(/C(=N/N)N(N)c5ccccc5)CC4)c3)cc12. The molecule has 13 nitrogen and oxygen atoms in total. The summed E-state index contributed by atoms with van der Waals surface area (Å²) in [5.41, 5.74) is 2.51. The number of hydrazone groups is 1. The summed E-state index contributed by atoms with van der Waals surface area (Å²) in [5.74, 6) is 11.3. The van der Waals surface area contributed by atoms with Crippen molar-refractivity contribution in [1.29, 1.82) is 0 Å². The van der Waals surface area contributed by atoms with Crippen molar-refractivity contribution in [2.75, 3.05) is 62.0 Å². The number of hydrogen-bond donors (Lipinski definition) is 3. The minimum Gasteiger partial charge on any atom is -0.455 e. The maximum Gasteiger partial charge on any atom is 0.255 e. The molecule has 0 aliphatic carbocycles. The van der Waals surface area contributed by atoms with Crippen LogP contribution in [-0.2, 0) is 10.0 Å². The van der Waals surface area contributed by atoms with Gasteiger partial charge in [-0.15, -0.1) is 5.10 Å². The molecule has 2 amide bonds. The lowest BCUT2D eigenvalue weighted by Crippen LogP contribution is -2.56. The van der Waals surface area contributed by atoms with Crippen LogP contribution in [0.25, 0.3) is 33.4 Å². The minimum absolute atomic E-state index is 0.0806. The third-order valence-corrected chi connectivity index (χ3v) is 10.1. The number of alkyl halides is 1. The maximum atomic E-state index is 13.9. The number of nitrogens with zero attached hydrogens (tertiary/aromatic N) is 5. The molecule has 4 aromatic carbocycles. The van der Waals surface area contributed by atoms with Crippen molar-refractivity contribution in [3.63, 3.8) is 0 Å². The van der Waals surface area contributed by atoms with Crippen LogP contribution in [0.1, 0.15) is 20.7 Å². The van der Waals surface area contributed by atoms with E-state index in [2.05, 4.69) is 10.4 Å². The van der Waals surface area contributed by atoms with E-state index in [1.165, 1.54) is 42.4 Å². The van der Waals surface area contributed by atoms with Gasteiger partial charge in [0.1, 0.15) is 23.8 Å². The number of para-hydroxylation sites is 1. The number of hydrogen-bond acceptors (Lipinski definition) is 8. The molecule has 5 aromatic rings. The Labute approximate surface area is 305 Å². The molecule has 0 bridgehead atoms. The van der Waals surface area contributed by atoms with Gasteiger partial charge in [0.25, 0.3) is 11.8 Å². The topological polar surface area (TPSA) is 171 Å². The van der Waals surface area contributed by atoms with Crippen LogP contribution >= 0.6 is 0 Å². The van der Waals surface area contributed by atoms with Gasteiger partial charge in [0.2, 0.25) is 16.0 Å². The van der Waals surface area contributed by atoms with Gasteiger partial charge in [-0.25, -0.2) is 28.1 Å². The van der Waals surface area contributed by atoms with Crippen LogP contribution in [0, 0.1) is 5.82 Å². The van der Waals surface area contributed by atoms with Crippen LogP contribution in [-0.4, -0.2) is 88.7 Å². The highest BCUT2D eigenvalue weighted by Gasteiger charge is 2.29. The lowest BCUT2D eigenvalue weighted by Gasteiger charge is -2.38. The number of anilines is 2. The summed E-state index contributed by atoms with van der Waals surface area (Å²) < 4.78 is 60.9. The van der Waals surface area contributed by atoms with Crippen molar-refractivity contribution in [2.45, 2.75) is 0 Å². The predicted molar refractivity (Wildman–Crippen MR) is 201 cm³/mol. The van der Waals surface area contributed by atoms with Gasteiger partial charge in [0.05, 0.1) is 29.7 Å². The van der Waals surface area contributed by atoms with E-state index in [9.17, 15) is 26.8 Å². The second-order valence-electron chi connectivity index (χ2n) is 12.3.